The molecule has 0 aromatic heterocycles. The zero-order chi connectivity index (χ0) is 26.5. The SMILES string of the molecule is Cc1cccc(CN2CCN(c3ccc(NC(=O)c4cccc(F)c4)cc3C(=O)N3CCOCC3)CC2)c1. The van der Waals surface area contributed by atoms with E-state index < -0.39 is 11.7 Å². The Morgan fingerprint density at radius 1 is 0.895 bits per heavy atom. The Labute approximate surface area is 222 Å². The summed E-state index contributed by atoms with van der Waals surface area (Å²) in [6.45, 7) is 8.45. The van der Waals surface area contributed by atoms with E-state index in [1.165, 1.54) is 29.3 Å². The first-order chi connectivity index (χ1) is 18.5. The number of piperazine rings is 1. The Kier molecular flexibility index (Phi) is 8.00. The molecule has 198 valence electrons. The summed E-state index contributed by atoms with van der Waals surface area (Å²) in [5, 5.41) is 2.82. The number of amides is 2. The van der Waals surface area contributed by atoms with E-state index in [0.29, 0.717) is 37.6 Å². The molecule has 2 saturated heterocycles. The quantitative estimate of drug-likeness (QED) is 0.533. The van der Waals surface area contributed by atoms with E-state index in [0.717, 1.165) is 38.4 Å². The number of carbonyl (C=O) groups excluding carboxylic acids is 2. The molecule has 2 amide bonds. The molecule has 3 aromatic rings. The molecule has 2 fully saturated rings. The molecular formula is C30H33FN4O3. The lowest BCUT2D eigenvalue weighted by molar-refractivity contribution is 0.0303. The standard InChI is InChI=1S/C30H33FN4O3/c1-22-4-2-5-23(18-22)21-33-10-12-34(13-11-33)28-9-8-26(32-29(36)24-6-3-7-25(31)19-24)20-27(28)30(37)35-14-16-38-17-15-35/h2-9,18-20H,10-17,21H2,1H3,(H,32,36). The molecule has 3 aromatic carbocycles. The Bertz CT molecular complexity index is 1300. The average molecular weight is 517 g/mol. The number of ether oxygens (including phenoxy) is 1. The number of nitrogens with one attached hydrogen (secondary N) is 1. The van der Waals surface area contributed by atoms with Crippen molar-refractivity contribution in [1.82, 2.24) is 9.80 Å². The number of rotatable bonds is 6. The predicted octanol–water partition coefficient (Wildman–Crippen LogP) is 4.18. The number of anilines is 2. The molecule has 0 unspecified atom stereocenters. The highest BCUT2D eigenvalue weighted by molar-refractivity contribution is 6.06. The maximum absolute atomic E-state index is 13.6. The molecule has 2 heterocycles. The van der Waals surface area contributed by atoms with Gasteiger partial charge in [-0.3, -0.25) is 14.5 Å². The van der Waals surface area contributed by atoms with Gasteiger partial charge in [0.2, 0.25) is 0 Å². The minimum absolute atomic E-state index is 0.0765. The number of hydrogen-bond donors (Lipinski definition) is 1. The number of aryl methyl sites for hydroxylation is 1. The summed E-state index contributed by atoms with van der Waals surface area (Å²) in [7, 11) is 0. The highest BCUT2D eigenvalue weighted by Crippen LogP contribution is 2.28. The zero-order valence-electron chi connectivity index (χ0n) is 21.7. The van der Waals surface area contributed by atoms with Crippen LogP contribution in [-0.4, -0.2) is 74.1 Å². The van der Waals surface area contributed by atoms with Gasteiger partial charge in [-0.15, -0.1) is 0 Å². The van der Waals surface area contributed by atoms with Crippen LogP contribution in [-0.2, 0) is 11.3 Å². The summed E-state index contributed by atoms with van der Waals surface area (Å²) in [5.74, 6) is -0.975. The van der Waals surface area contributed by atoms with E-state index in [4.69, 9.17) is 4.74 Å². The Morgan fingerprint density at radius 3 is 2.39 bits per heavy atom. The third-order valence-electron chi connectivity index (χ3n) is 7.07. The van der Waals surface area contributed by atoms with E-state index in [-0.39, 0.29) is 11.5 Å². The molecule has 2 aliphatic rings. The summed E-state index contributed by atoms with van der Waals surface area (Å²) in [5.41, 5.74) is 4.70. The van der Waals surface area contributed by atoms with Crippen LogP contribution in [0.25, 0.3) is 0 Å². The zero-order valence-corrected chi connectivity index (χ0v) is 21.7. The molecular weight excluding hydrogens is 483 g/mol. The molecule has 8 heteroatoms. The first-order valence-corrected chi connectivity index (χ1v) is 13.1. The lowest BCUT2D eigenvalue weighted by atomic mass is 10.1. The van der Waals surface area contributed by atoms with Gasteiger partial charge >= 0.3 is 0 Å². The van der Waals surface area contributed by atoms with Crippen molar-refractivity contribution in [3.05, 3.63) is 94.8 Å². The smallest absolute Gasteiger partial charge is 0.256 e. The second-order valence-corrected chi connectivity index (χ2v) is 9.85. The number of hydrogen-bond acceptors (Lipinski definition) is 5. The maximum Gasteiger partial charge on any atom is 0.256 e. The lowest BCUT2D eigenvalue weighted by Crippen LogP contribution is -2.47. The largest absolute Gasteiger partial charge is 0.378 e. The molecule has 0 bridgehead atoms. The Morgan fingerprint density at radius 2 is 1.66 bits per heavy atom. The Hall–Kier alpha value is -3.75. The number of morpholine rings is 1. The fourth-order valence-corrected chi connectivity index (χ4v) is 5.05. The summed E-state index contributed by atoms with van der Waals surface area (Å²) >= 11 is 0. The van der Waals surface area contributed by atoms with Crippen LogP contribution in [0.3, 0.4) is 0 Å². The van der Waals surface area contributed by atoms with Crippen molar-refractivity contribution >= 4 is 23.2 Å². The third kappa shape index (κ3) is 6.20. The summed E-state index contributed by atoms with van der Waals surface area (Å²) in [6.07, 6.45) is 0. The maximum atomic E-state index is 13.6. The van der Waals surface area contributed by atoms with Gasteiger partial charge in [0.05, 0.1) is 18.8 Å². The molecule has 0 spiro atoms. The highest BCUT2D eigenvalue weighted by Gasteiger charge is 2.26. The van der Waals surface area contributed by atoms with Gasteiger partial charge in [-0.25, -0.2) is 4.39 Å². The molecule has 0 atom stereocenters. The van der Waals surface area contributed by atoms with Crippen molar-refractivity contribution in [3.8, 4) is 0 Å². The number of nitrogens with zero attached hydrogens (tertiary/aromatic N) is 3. The summed E-state index contributed by atoms with van der Waals surface area (Å²) in [4.78, 5) is 32.8. The minimum Gasteiger partial charge on any atom is -0.378 e. The number of halogens is 1. The second kappa shape index (κ2) is 11.8. The fourth-order valence-electron chi connectivity index (χ4n) is 5.05. The number of benzene rings is 3. The molecule has 1 N–H and O–H groups in total. The van der Waals surface area contributed by atoms with Crippen LogP contribution in [0.5, 0.6) is 0 Å². The van der Waals surface area contributed by atoms with Crippen LogP contribution >= 0.6 is 0 Å². The normalized spacial score (nSPS) is 16.4. The fraction of sp³-hybridized carbons (Fsp3) is 0.333. The van der Waals surface area contributed by atoms with Crippen molar-refractivity contribution in [1.29, 1.82) is 0 Å². The predicted molar refractivity (Wildman–Crippen MR) is 146 cm³/mol. The van der Waals surface area contributed by atoms with Crippen LogP contribution in [0, 0.1) is 12.7 Å². The van der Waals surface area contributed by atoms with Crippen LogP contribution in [0.2, 0.25) is 0 Å². The van der Waals surface area contributed by atoms with Gasteiger partial charge in [0, 0.05) is 62.8 Å². The molecule has 38 heavy (non-hydrogen) atoms. The van der Waals surface area contributed by atoms with Crippen LogP contribution < -0.4 is 10.2 Å². The molecule has 2 aliphatic heterocycles. The molecule has 5 rings (SSSR count). The van der Waals surface area contributed by atoms with Crippen LogP contribution in [0.15, 0.2) is 66.7 Å². The first-order valence-electron chi connectivity index (χ1n) is 13.1. The van der Waals surface area contributed by atoms with E-state index in [1.54, 1.807) is 17.0 Å². The van der Waals surface area contributed by atoms with Gasteiger partial charge in [0.25, 0.3) is 11.8 Å². The van der Waals surface area contributed by atoms with E-state index in [9.17, 15) is 14.0 Å². The molecule has 0 saturated carbocycles. The van der Waals surface area contributed by atoms with E-state index >= 15 is 0 Å². The van der Waals surface area contributed by atoms with Crippen molar-refractivity contribution in [2.24, 2.45) is 0 Å². The van der Waals surface area contributed by atoms with Gasteiger partial charge < -0.3 is 19.9 Å². The monoisotopic (exact) mass is 516 g/mol. The van der Waals surface area contributed by atoms with Gasteiger partial charge in [-0.2, -0.15) is 0 Å². The topological polar surface area (TPSA) is 65.1 Å². The van der Waals surface area contributed by atoms with E-state index in [2.05, 4.69) is 46.3 Å². The van der Waals surface area contributed by atoms with Crippen molar-refractivity contribution in [3.63, 3.8) is 0 Å². The Balaban J connectivity index is 1.34. The molecule has 0 radical (unpaired) electrons. The average Bonchev–Trinajstić information content (AvgIpc) is 2.94. The van der Waals surface area contributed by atoms with Crippen molar-refractivity contribution in [2.75, 3.05) is 62.7 Å². The third-order valence-corrected chi connectivity index (χ3v) is 7.07. The summed E-state index contributed by atoms with van der Waals surface area (Å²) < 4.78 is 19.1. The molecule has 0 aliphatic carbocycles. The van der Waals surface area contributed by atoms with Crippen LogP contribution in [0.1, 0.15) is 31.8 Å². The second-order valence-electron chi connectivity index (χ2n) is 9.85. The van der Waals surface area contributed by atoms with Gasteiger partial charge in [-0.1, -0.05) is 35.9 Å². The van der Waals surface area contributed by atoms with Crippen molar-refractivity contribution in [2.45, 2.75) is 13.5 Å². The molecule has 7 nitrogen and oxygen atoms in total. The van der Waals surface area contributed by atoms with Crippen molar-refractivity contribution < 1.29 is 18.7 Å². The van der Waals surface area contributed by atoms with Gasteiger partial charge in [0.15, 0.2) is 0 Å². The number of carbonyl (C=O) groups is 2. The highest BCUT2D eigenvalue weighted by atomic mass is 19.1. The van der Waals surface area contributed by atoms with Gasteiger partial charge in [0.1, 0.15) is 5.82 Å². The van der Waals surface area contributed by atoms with Crippen LogP contribution in [0.4, 0.5) is 15.8 Å². The van der Waals surface area contributed by atoms with Gasteiger partial charge in [-0.05, 0) is 48.9 Å². The minimum atomic E-state index is -0.474. The van der Waals surface area contributed by atoms with E-state index in [1.807, 2.05) is 12.1 Å². The first kappa shape index (κ1) is 25.9. The lowest BCUT2D eigenvalue weighted by Gasteiger charge is -2.37. The summed E-state index contributed by atoms with van der Waals surface area (Å²) in [6, 6.07) is 19.6.